The second-order valence-corrected chi connectivity index (χ2v) is 10.2. The zero-order valence-corrected chi connectivity index (χ0v) is 20.4. The van der Waals surface area contributed by atoms with Gasteiger partial charge in [0.15, 0.2) is 0 Å². The summed E-state index contributed by atoms with van der Waals surface area (Å²) < 4.78 is 5.60. The molecular weight excluding hydrogens is 432 g/mol. The van der Waals surface area contributed by atoms with Crippen molar-refractivity contribution in [3.8, 4) is 11.1 Å². The number of carboxylic acids is 1. The molecule has 0 bridgehead atoms. The van der Waals surface area contributed by atoms with Crippen molar-refractivity contribution in [2.24, 2.45) is 11.3 Å². The van der Waals surface area contributed by atoms with Crippen LogP contribution in [0.1, 0.15) is 58.1 Å². The monoisotopic (exact) mass is 466 g/mol. The van der Waals surface area contributed by atoms with E-state index in [0.29, 0.717) is 0 Å². The molecule has 2 atom stereocenters. The number of alkyl carbamates (subject to hydrolysis) is 1. The Morgan fingerprint density at radius 1 is 0.941 bits per heavy atom. The summed E-state index contributed by atoms with van der Waals surface area (Å²) in [5.74, 6) is -1.63. The molecule has 0 fully saturated rings. The maximum absolute atomic E-state index is 12.7. The standard InChI is InChI=1S/C27H34N2O5/c1-16(2)22(14-23(30)29-24(25(31)32)27(3,4)5)28-26(33)34-15-21-19-12-8-6-10-17(19)18-11-7-9-13-20(18)21/h6-13,16,21-22,24H,14-15H2,1-5H3,(H,28,33)(H,29,30)(H,31,32)/t22-,24+/m0/s1. The number of carboxylic acid groups (broad SMARTS) is 1. The van der Waals surface area contributed by atoms with Gasteiger partial charge in [0.05, 0.1) is 0 Å². The van der Waals surface area contributed by atoms with E-state index >= 15 is 0 Å². The highest BCUT2D eigenvalue weighted by Gasteiger charge is 2.34. The number of carbonyl (C=O) groups excluding carboxylic acids is 2. The normalized spacial score (nSPS) is 14.6. The summed E-state index contributed by atoms with van der Waals surface area (Å²) in [4.78, 5) is 36.8. The molecule has 0 saturated heterocycles. The fraction of sp³-hybridized carbons (Fsp3) is 0.444. The Bertz CT molecular complexity index is 1010. The molecule has 0 heterocycles. The summed E-state index contributed by atoms with van der Waals surface area (Å²) in [6.45, 7) is 9.21. The topological polar surface area (TPSA) is 105 Å². The Kier molecular flexibility index (Phi) is 7.64. The lowest BCUT2D eigenvalue weighted by atomic mass is 9.86. The molecule has 0 saturated carbocycles. The maximum Gasteiger partial charge on any atom is 0.407 e. The fourth-order valence-corrected chi connectivity index (χ4v) is 4.31. The number of nitrogens with one attached hydrogen (secondary N) is 2. The lowest BCUT2D eigenvalue weighted by Gasteiger charge is -2.29. The molecule has 1 aliphatic carbocycles. The second kappa shape index (κ2) is 10.3. The van der Waals surface area contributed by atoms with Gasteiger partial charge in [-0.05, 0) is 33.6 Å². The second-order valence-electron chi connectivity index (χ2n) is 10.2. The van der Waals surface area contributed by atoms with Gasteiger partial charge in [-0.25, -0.2) is 9.59 Å². The SMILES string of the molecule is CC(C)[C@H](CC(=O)N[C@H](C(=O)O)C(C)(C)C)NC(=O)OCC1c2ccccc2-c2ccccc21. The van der Waals surface area contributed by atoms with Gasteiger partial charge in [0, 0.05) is 18.4 Å². The minimum atomic E-state index is -1.09. The highest BCUT2D eigenvalue weighted by atomic mass is 16.5. The molecule has 2 aromatic carbocycles. The van der Waals surface area contributed by atoms with Gasteiger partial charge in [0.1, 0.15) is 12.6 Å². The number of hydrogen-bond donors (Lipinski definition) is 3. The van der Waals surface area contributed by atoms with E-state index in [1.165, 1.54) is 0 Å². The molecule has 7 nitrogen and oxygen atoms in total. The number of amides is 2. The van der Waals surface area contributed by atoms with Gasteiger partial charge in [0.2, 0.25) is 5.91 Å². The van der Waals surface area contributed by atoms with Crippen molar-refractivity contribution in [3.63, 3.8) is 0 Å². The highest BCUT2D eigenvalue weighted by molar-refractivity contribution is 5.85. The largest absolute Gasteiger partial charge is 0.480 e. The molecular formula is C27H34N2O5. The Hall–Kier alpha value is -3.35. The molecule has 7 heteroatoms. The van der Waals surface area contributed by atoms with E-state index in [9.17, 15) is 19.5 Å². The van der Waals surface area contributed by atoms with Crippen molar-refractivity contribution in [1.29, 1.82) is 0 Å². The Labute approximate surface area is 200 Å². The van der Waals surface area contributed by atoms with Crippen LogP contribution in [0.25, 0.3) is 11.1 Å². The Morgan fingerprint density at radius 2 is 1.47 bits per heavy atom. The van der Waals surface area contributed by atoms with Crippen molar-refractivity contribution in [3.05, 3.63) is 59.7 Å². The third kappa shape index (κ3) is 5.76. The van der Waals surface area contributed by atoms with Gasteiger partial charge < -0.3 is 20.5 Å². The molecule has 182 valence electrons. The molecule has 0 unspecified atom stereocenters. The number of aliphatic carboxylic acids is 1. The van der Waals surface area contributed by atoms with Crippen LogP contribution in [0.15, 0.2) is 48.5 Å². The van der Waals surface area contributed by atoms with Crippen LogP contribution >= 0.6 is 0 Å². The van der Waals surface area contributed by atoms with E-state index in [1.807, 2.05) is 38.1 Å². The van der Waals surface area contributed by atoms with Gasteiger partial charge in [-0.15, -0.1) is 0 Å². The number of fused-ring (bicyclic) bond motifs is 3. The zero-order chi connectivity index (χ0) is 25.0. The van der Waals surface area contributed by atoms with Crippen molar-refractivity contribution in [1.82, 2.24) is 10.6 Å². The van der Waals surface area contributed by atoms with Crippen LogP contribution in [0.2, 0.25) is 0 Å². The van der Waals surface area contributed by atoms with E-state index in [-0.39, 0.29) is 24.9 Å². The fourth-order valence-electron chi connectivity index (χ4n) is 4.31. The van der Waals surface area contributed by atoms with E-state index in [2.05, 4.69) is 34.9 Å². The summed E-state index contributed by atoms with van der Waals surface area (Å²) in [6, 6.07) is 14.7. The molecule has 1 aliphatic rings. The smallest absolute Gasteiger partial charge is 0.407 e. The predicted molar refractivity (Wildman–Crippen MR) is 130 cm³/mol. The first kappa shape index (κ1) is 25.3. The van der Waals surface area contributed by atoms with Crippen molar-refractivity contribution in [2.75, 3.05) is 6.61 Å². The van der Waals surface area contributed by atoms with Gasteiger partial charge in [-0.2, -0.15) is 0 Å². The molecule has 0 radical (unpaired) electrons. The van der Waals surface area contributed by atoms with Gasteiger partial charge in [0.25, 0.3) is 0 Å². The quantitative estimate of drug-likeness (QED) is 0.529. The number of ether oxygens (including phenoxy) is 1. The van der Waals surface area contributed by atoms with E-state index < -0.39 is 35.5 Å². The lowest BCUT2D eigenvalue weighted by Crippen LogP contribution is -2.51. The average Bonchev–Trinajstić information content (AvgIpc) is 3.08. The van der Waals surface area contributed by atoms with Crippen LogP contribution in [0.5, 0.6) is 0 Å². The summed E-state index contributed by atoms with van der Waals surface area (Å²) in [6.07, 6.45) is -0.638. The van der Waals surface area contributed by atoms with Crippen LogP contribution in [0, 0.1) is 11.3 Å². The van der Waals surface area contributed by atoms with Gasteiger partial charge >= 0.3 is 12.1 Å². The van der Waals surface area contributed by atoms with E-state index in [1.54, 1.807) is 20.8 Å². The molecule has 3 rings (SSSR count). The highest BCUT2D eigenvalue weighted by Crippen LogP contribution is 2.44. The minimum absolute atomic E-state index is 0.0400. The predicted octanol–water partition coefficient (Wildman–Crippen LogP) is 4.56. The molecule has 2 aromatic rings. The molecule has 0 aromatic heterocycles. The van der Waals surface area contributed by atoms with Crippen LogP contribution in [0.4, 0.5) is 4.79 Å². The number of benzene rings is 2. The first-order valence-corrected chi connectivity index (χ1v) is 11.6. The van der Waals surface area contributed by atoms with Crippen molar-refractivity contribution >= 4 is 18.0 Å². The summed E-state index contributed by atoms with van der Waals surface area (Å²) in [5.41, 5.74) is 3.90. The van der Waals surface area contributed by atoms with Crippen molar-refractivity contribution < 1.29 is 24.2 Å². The molecule has 2 amide bonds. The molecule has 3 N–H and O–H groups in total. The number of carbonyl (C=O) groups is 3. The first-order chi connectivity index (χ1) is 16.0. The Morgan fingerprint density at radius 3 is 1.94 bits per heavy atom. The van der Waals surface area contributed by atoms with Crippen LogP contribution in [0.3, 0.4) is 0 Å². The van der Waals surface area contributed by atoms with E-state index in [4.69, 9.17) is 4.74 Å². The lowest BCUT2D eigenvalue weighted by molar-refractivity contribution is -0.145. The van der Waals surface area contributed by atoms with E-state index in [0.717, 1.165) is 22.3 Å². The Balaban J connectivity index is 1.62. The first-order valence-electron chi connectivity index (χ1n) is 11.6. The summed E-state index contributed by atoms with van der Waals surface area (Å²) in [5, 5.41) is 14.8. The van der Waals surface area contributed by atoms with Crippen LogP contribution < -0.4 is 10.6 Å². The van der Waals surface area contributed by atoms with Crippen LogP contribution in [-0.2, 0) is 14.3 Å². The van der Waals surface area contributed by atoms with Crippen molar-refractivity contribution in [2.45, 2.75) is 59.0 Å². The third-order valence-electron chi connectivity index (χ3n) is 6.28. The number of rotatable bonds is 8. The van der Waals surface area contributed by atoms with Gasteiger partial charge in [-0.1, -0.05) is 83.1 Å². The summed E-state index contributed by atoms with van der Waals surface area (Å²) >= 11 is 0. The molecule has 0 spiro atoms. The average molecular weight is 467 g/mol. The van der Waals surface area contributed by atoms with Crippen LogP contribution in [-0.4, -0.2) is 41.8 Å². The van der Waals surface area contributed by atoms with Gasteiger partial charge in [-0.3, -0.25) is 4.79 Å². The zero-order valence-electron chi connectivity index (χ0n) is 20.4. The number of hydrogen-bond acceptors (Lipinski definition) is 4. The summed E-state index contributed by atoms with van der Waals surface area (Å²) in [7, 11) is 0. The molecule has 34 heavy (non-hydrogen) atoms. The third-order valence-corrected chi connectivity index (χ3v) is 6.28. The molecule has 0 aliphatic heterocycles. The minimum Gasteiger partial charge on any atom is -0.480 e. The maximum atomic E-state index is 12.7.